The van der Waals surface area contributed by atoms with Crippen LogP contribution in [-0.2, 0) is 7.05 Å². The molecule has 0 bridgehead atoms. The summed E-state index contributed by atoms with van der Waals surface area (Å²) < 4.78 is 2.21. The Morgan fingerprint density at radius 1 is 0.615 bits per heavy atom. The van der Waals surface area contributed by atoms with Crippen molar-refractivity contribution in [3.8, 4) is 11.3 Å². The van der Waals surface area contributed by atoms with Crippen LogP contribution in [0, 0.1) is 6.92 Å². The molecule has 26 heavy (non-hydrogen) atoms. The Hall–Kier alpha value is -3.19. The molecular formula is C25H20N+. The molecule has 0 fully saturated rings. The van der Waals surface area contributed by atoms with Gasteiger partial charge in [0.15, 0.2) is 6.20 Å². The summed E-state index contributed by atoms with van der Waals surface area (Å²) in [5.74, 6) is 0. The van der Waals surface area contributed by atoms with Crippen molar-refractivity contribution < 1.29 is 4.57 Å². The fraction of sp³-hybridized carbons (Fsp3) is 0.0800. The van der Waals surface area contributed by atoms with Gasteiger partial charge in [-0.15, -0.1) is 0 Å². The van der Waals surface area contributed by atoms with Gasteiger partial charge in [0.05, 0.1) is 5.56 Å². The minimum Gasteiger partial charge on any atom is -0.201 e. The van der Waals surface area contributed by atoms with Crippen molar-refractivity contribution in [2.75, 3.05) is 0 Å². The van der Waals surface area contributed by atoms with E-state index in [9.17, 15) is 0 Å². The standard InChI is InChI=1S/C25H20N/c1-17-19-10-5-6-12-21(19)25-20-11-4-3-9-18(20)14-15-22(25)24(17)23-13-7-8-16-26(23)2/h3-16H,1-2H3/q+1. The third-order valence-electron chi connectivity index (χ3n) is 5.48. The average molecular weight is 334 g/mol. The molecular weight excluding hydrogens is 314 g/mol. The Kier molecular flexibility index (Phi) is 3.29. The van der Waals surface area contributed by atoms with Gasteiger partial charge in [-0.1, -0.05) is 60.7 Å². The fourth-order valence-electron chi connectivity index (χ4n) is 4.25. The Morgan fingerprint density at radius 3 is 2.12 bits per heavy atom. The quantitative estimate of drug-likeness (QED) is 0.263. The molecule has 1 aromatic heterocycles. The maximum Gasteiger partial charge on any atom is 0.213 e. The summed E-state index contributed by atoms with van der Waals surface area (Å²) in [6.07, 6.45) is 2.12. The van der Waals surface area contributed by atoms with E-state index < -0.39 is 0 Å². The van der Waals surface area contributed by atoms with E-state index in [0.717, 1.165) is 0 Å². The summed E-state index contributed by atoms with van der Waals surface area (Å²) in [5.41, 5.74) is 3.91. The normalized spacial score (nSPS) is 11.5. The lowest BCUT2D eigenvalue weighted by Gasteiger charge is -2.15. The lowest BCUT2D eigenvalue weighted by molar-refractivity contribution is -0.660. The number of hydrogen-bond acceptors (Lipinski definition) is 0. The first kappa shape index (κ1) is 15.1. The Morgan fingerprint density at radius 2 is 1.31 bits per heavy atom. The predicted molar refractivity (Wildman–Crippen MR) is 110 cm³/mol. The van der Waals surface area contributed by atoms with E-state index in [1.165, 1.54) is 49.1 Å². The van der Waals surface area contributed by atoms with Crippen LogP contribution < -0.4 is 4.57 Å². The number of nitrogens with zero attached hydrogens (tertiary/aromatic N) is 1. The molecule has 5 aromatic rings. The summed E-state index contributed by atoms with van der Waals surface area (Å²) in [6, 6.07) is 28.4. The monoisotopic (exact) mass is 334 g/mol. The first-order valence-corrected chi connectivity index (χ1v) is 9.03. The molecule has 0 saturated heterocycles. The molecule has 0 saturated carbocycles. The zero-order chi connectivity index (χ0) is 17.7. The highest BCUT2D eigenvalue weighted by Crippen LogP contribution is 2.40. The van der Waals surface area contributed by atoms with Gasteiger partial charge in [-0.25, -0.2) is 4.57 Å². The molecule has 5 rings (SSSR count). The first-order valence-electron chi connectivity index (χ1n) is 9.03. The molecule has 0 atom stereocenters. The lowest BCUT2D eigenvalue weighted by Crippen LogP contribution is -2.30. The van der Waals surface area contributed by atoms with Crippen LogP contribution in [0.15, 0.2) is 85.1 Å². The van der Waals surface area contributed by atoms with E-state index in [0.29, 0.717) is 0 Å². The van der Waals surface area contributed by atoms with E-state index in [4.69, 9.17) is 0 Å². The van der Waals surface area contributed by atoms with Gasteiger partial charge < -0.3 is 0 Å². The van der Waals surface area contributed by atoms with Gasteiger partial charge in [0.2, 0.25) is 5.69 Å². The summed E-state index contributed by atoms with van der Waals surface area (Å²) in [7, 11) is 2.12. The lowest BCUT2D eigenvalue weighted by atomic mass is 9.88. The van der Waals surface area contributed by atoms with Crippen LogP contribution in [0.1, 0.15) is 5.56 Å². The van der Waals surface area contributed by atoms with Gasteiger partial charge in [0.1, 0.15) is 7.05 Å². The van der Waals surface area contributed by atoms with Crippen molar-refractivity contribution >= 4 is 32.3 Å². The van der Waals surface area contributed by atoms with Crippen LogP contribution in [0.25, 0.3) is 43.6 Å². The van der Waals surface area contributed by atoms with E-state index in [1.807, 2.05) is 0 Å². The van der Waals surface area contributed by atoms with Crippen LogP contribution in [0.2, 0.25) is 0 Å². The maximum absolute atomic E-state index is 2.29. The van der Waals surface area contributed by atoms with Gasteiger partial charge in [-0.2, -0.15) is 0 Å². The highest BCUT2D eigenvalue weighted by molar-refractivity contribution is 6.24. The van der Waals surface area contributed by atoms with Crippen LogP contribution in [0.4, 0.5) is 0 Å². The molecule has 0 unspecified atom stereocenters. The molecule has 1 nitrogen and oxygen atoms in total. The van der Waals surface area contributed by atoms with Gasteiger partial charge in [-0.3, -0.25) is 0 Å². The first-order chi connectivity index (χ1) is 12.8. The number of hydrogen-bond donors (Lipinski definition) is 0. The predicted octanol–water partition coefficient (Wildman–Crippen LogP) is 5.95. The summed E-state index contributed by atoms with van der Waals surface area (Å²) in [5, 5.41) is 7.94. The van der Waals surface area contributed by atoms with E-state index in [2.05, 4.69) is 104 Å². The maximum atomic E-state index is 2.29. The molecule has 0 amide bonds. The van der Waals surface area contributed by atoms with Gasteiger partial charge in [0, 0.05) is 12.1 Å². The zero-order valence-electron chi connectivity index (χ0n) is 15.0. The van der Waals surface area contributed by atoms with Gasteiger partial charge >= 0.3 is 0 Å². The second kappa shape index (κ2) is 5.67. The smallest absolute Gasteiger partial charge is 0.201 e. The van der Waals surface area contributed by atoms with Crippen molar-refractivity contribution in [3.63, 3.8) is 0 Å². The van der Waals surface area contributed by atoms with E-state index in [1.54, 1.807) is 0 Å². The molecule has 1 heteroatoms. The van der Waals surface area contributed by atoms with Gasteiger partial charge in [0.25, 0.3) is 0 Å². The highest BCUT2D eigenvalue weighted by atomic mass is 14.9. The average Bonchev–Trinajstić information content (AvgIpc) is 2.69. The number of aromatic nitrogens is 1. The molecule has 0 aliphatic heterocycles. The fourth-order valence-corrected chi connectivity index (χ4v) is 4.25. The zero-order valence-corrected chi connectivity index (χ0v) is 15.0. The Labute approximate surface area is 153 Å². The Bertz CT molecular complexity index is 1300. The van der Waals surface area contributed by atoms with Crippen molar-refractivity contribution in [2.24, 2.45) is 7.05 Å². The molecule has 1 heterocycles. The molecule has 0 radical (unpaired) electrons. The number of pyridine rings is 1. The topological polar surface area (TPSA) is 3.88 Å². The SMILES string of the molecule is Cc1c(-c2cccc[n+]2C)c2ccc3ccccc3c2c2ccccc12. The number of rotatable bonds is 1. The minimum absolute atomic E-state index is 1.25. The van der Waals surface area contributed by atoms with Crippen LogP contribution in [0.3, 0.4) is 0 Å². The van der Waals surface area contributed by atoms with Gasteiger partial charge in [-0.05, 0) is 50.9 Å². The van der Waals surface area contributed by atoms with Crippen LogP contribution in [-0.4, -0.2) is 0 Å². The summed E-state index contributed by atoms with van der Waals surface area (Å²) >= 11 is 0. The Balaban J connectivity index is 2.11. The van der Waals surface area contributed by atoms with Crippen molar-refractivity contribution in [3.05, 3.63) is 90.6 Å². The summed E-state index contributed by atoms with van der Waals surface area (Å²) in [4.78, 5) is 0. The molecule has 0 aliphatic rings. The molecule has 0 spiro atoms. The van der Waals surface area contributed by atoms with Crippen molar-refractivity contribution in [1.82, 2.24) is 0 Å². The number of benzene rings is 4. The second-order valence-electron chi connectivity index (χ2n) is 6.95. The largest absolute Gasteiger partial charge is 0.213 e. The van der Waals surface area contributed by atoms with Crippen LogP contribution >= 0.6 is 0 Å². The van der Waals surface area contributed by atoms with Crippen molar-refractivity contribution in [1.29, 1.82) is 0 Å². The highest BCUT2D eigenvalue weighted by Gasteiger charge is 2.19. The molecule has 124 valence electrons. The third kappa shape index (κ3) is 2.07. The molecule has 0 aliphatic carbocycles. The van der Waals surface area contributed by atoms with E-state index >= 15 is 0 Å². The molecule has 4 aromatic carbocycles. The van der Waals surface area contributed by atoms with Crippen LogP contribution in [0.5, 0.6) is 0 Å². The van der Waals surface area contributed by atoms with Crippen molar-refractivity contribution in [2.45, 2.75) is 6.92 Å². The number of aryl methyl sites for hydroxylation is 2. The minimum atomic E-state index is 1.25. The second-order valence-corrected chi connectivity index (χ2v) is 6.95. The number of fused-ring (bicyclic) bond motifs is 5. The molecule has 0 N–H and O–H groups in total. The van der Waals surface area contributed by atoms with E-state index in [-0.39, 0.29) is 0 Å². The summed E-state index contributed by atoms with van der Waals surface area (Å²) in [6.45, 7) is 2.25. The third-order valence-corrected chi connectivity index (χ3v) is 5.48.